The van der Waals surface area contributed by atoms with Gasteiger partial charge in [0.25, 0.3) is 0 Å². The predicted octanol–water partition coefficient (Wildman–Crippen LogP) is 3.92. The molecule has 0 amide bonds. The van der Waals surface area contributed by atoms with E-state index in [0.717, 1.165) is 31.1 Å². The molecule has 2 unspecified atom stereocenters. The van der Waals surface area contributed by atoms with Crippen LogP contribution < -0.4 is 0 Å². The van der Waals surface area contributed by atoms with E-state index in [1.54, 1.807) is 0 Å². The number of Topliss-reactive ketones (excluding diaryl/α,β-unsaturated/α-hetero) is 1. The summed E-state index contributed by atoms with van der Waals surface area (Å²) in [6.45, 7) is 10.1. The second kappa shape index (κ2) is 10.8. The summed E-state index contributed by atoms with van der Waals surface area (Å²) in [6.07, 6.45) is 3.71. The van der Waals surface area contributed by atoms with Gasteiger partial charge in [-0.3, -0.25) is 4.79 Å². The number of rotatable bonds is 11. The number of hydrogen-bond donors (Lipinski definition) is 0. The Labute approximate surface area is 141 Å². The molecule has 0 saturated heterocycles. The van der Waals surface area contributed by atoms with Crippen LogP contribution in [0.4, 0.5) is 0 Å². The van der Waals surface area contributed by atoms with E-state index in [4.69, 9.17) is 13.3 Å². The van der Waals surface area contributed by atoms with E-state index in [1.165, 1.54) is 6.42 Å². The third kappa shape index (κ3) is 7.13. The highest BCUT2D eigenvalue weighted by atomic mass is 32.2. The van der Waals surface area contributed by atoms with Crippen molar-refractivity contribution in [2.24, 2.45) is 5.92 Å². The van der Waals surface area contributed by atoms with Crippen molar-refractivity contribution in [2.75, 3.05) is 25.6 Å². The molecule has 0 heterocycles. The monoisotopic (exact) mass is 348 g/mol. The van der Waals surface area contributed by atoms with E-state index >= 15 is 0 Å². The van der Waals surface area contributed by atoms with Crippen molar-refractivity contribution in [1.29, 1.82) is 0 Å². The van der Waals surface area contributed by atoms with Gasteiger partial charge in [-0.25, -0.2) is 0 Å². The Hall–Kier alpha value is 0.117. The van der Waals surface area contributed by atoms with Gasteiger partial charge in [0.05, 0.1) is 0 Å². The summed E-state index contributed by atoms with van der Waals surface area (Å²) >= 11 is 1.93. The second-order valence-corrected chi connectivity index (χ2v) is 10.0. The summed E-state index contributed by atoms with van der Waals surface area (Å²) in [6, 6.07) is 0.867. The molecule has 1 saturated carbocycles. The van der Waals surface area contributed by atoms with Crippen LogP contribution in [0.25, 0.3) is 0 Å². The van der Waals surface area contributed by atoms with Crippen LogP contribution in [-0.4, -0.2) is 45.4 Å². The number of thioether (sulfide) groups is 1. The maximum Gasteiger partial charge on any atom is 0.500 e. The molecular formula is C16H32O4SSi. The molecule has 0 aromatic heterocycles. The molecule has 0 radical (unpaired) electrons. The van der Waals surface area contributed by atoms with Crippen molar-refractivity contribution in [2.45, 2.75) is 64.7 Å². The minimum atomic E-state index is -2.49. The van der Waals surface area contributed by atoms with Gasteiger partial charge >= 0.3 is 8.80 Å². The van der Waals surface area contributed by atoms with E-state index in [-0.39, 0.29) is 0 Å². The first kappa shape index (κ1) is 20.2. The van der Waals surface area contributed by atoms with Gasteiger partial charge in [0, 0.05) is 44.0 Å². The van der Waals surface area contributed by atoms with Crippen molar-refractivity contribution >= 4 is 26.3 Å². The molecule has 130 valence electrons. The van der Waals surface area contributed by atoms with Gasteiger partial charge in [-0.15, -0.1) is 0 Å². The standard InChI is InChI=1S/C16H32O4SSi/c1-5-18-22(19-6-2,20-7-3)10-8-9-21-16-12-14(4)11-15(17)13-16/h14,16H,5-13H2,1-4H3. The molecule has 22 heavy (non-hydrogen) atoms. The molecule has 2 atom stereocenters. The fourth-order valence-electron chi connectivity index (χ4n) is 3.01. The zero-order chi connectivity index (χ0) is 16.4. The lowest BCUT2D eigenvalue weighted by atomic mass is 9.89. The highest BCUT2D eigenvalue weighted by molar-refractivity contribution is 7.99. The molecule has 0 aromatic rings. The second-order valence-electron chi connectivity index (χ2n) is 5.87. The molecule has 0 spiro atoms. The quantitative estimate of drug-likeness (QED) is 0.418. The van der Waals surface area contributed by atoms with Gasteiger partial charge in [0.1, 0.15) is 5.78 Å². The summed E-state index contributed by atoms with van der Waals surface area (Å²) in [7, 11) is -2.49. The van der Waals surface area contributed by atoms with Crippen LogP contribution in [0.1, 0.15) is 53.4 Å². The number of carbonyl (C=O) groups excluding carboxylic acids is 1. The van der Waals surface area contributed by atoms with Gasteiger partial charge in [-0.1, -0.05) is 6.92 Å². The minimum Gasteiger partial charge on any atom is -0.374 e. The van der Waals surface area contributed by atoms with Gasteiger partial charge in [-0.2, -0.15) is 11.8 Å². The van der Waals surface area contributed by atoms with Crippen LogP contribution in [0.3, 0.4) is 0 Å². The maximum absolute atomic E-state index is 11.7. The topological polar surface area (TPSA) is 44.8 Å². The molecule has 1 aliphatic rings. The van der Waals surface area contributed by atoms with E-state index < -0.39 is 8.80 Å². The molecule has 1 aliphatic carbocycles. The third-order valence-corrected chi connectivity index (χ3v) is 8.28. The summed E-state index contributed by atoms with van der Waals surface area (Å²) in [5.74, 6) is 2.02. The Balaban J connectivity index is 2.36. The highest BCUT2D eigenvalue weighted by Gasteiger charge is 2.39. The Morgan fingerprint density at radius 1 is 1.09 bits per heavy atom. The predicted molar refractivity (Wildman–Crippen MR) is 94.3 cm³/mol. The van der Waals surface area contributed by atoms with E-state index in [9.17, 15) is 4.79 Å². The molecule has 1 fully saturated rings. The van der Waals surface area contributed by atoms with Gasteiger partial charge in [0.2, 0.25) is 0 Å². The molecule has 0 aromatic carbocycles. The van der Waals surface area contributed by atoms with Crippen molar-refractivity contribution in [3.05, 3.63) is 0 Å². The Bertz CT molecular complexity index is 310. The van der Waals surface area contributed by atoms with Crippen LogP contribution in [0.2, 0.25) is 6.04 Å². The normalized spacial score (nSPS) is 23.0. The first-order valence-electron chi connectivity index (χ1n) is 8.60. The molecule has 6 heteroatoms. The van der Waals surface area contributed by atoms with Gasteiger partial charge < -0.3 is 13.3 Å². The van der Waals surface area contributed by atoms with Crippen molar-refractivity contribution in [1.82, 2.24) is 0 Å². The summed E-state index contributed by atoms with van der Waals surface area (Å²) in [5, 5.41) is 0.499. The average molecular weight is 349 g/mol. The van der Waals surface area contributed by atoms with Crippen LogP contribution in [-0.2, 0) is 18.1 Å². The lowest BCUT2D eigenvalue weighted by molar-refractivity contribution is -0.121. The van der Waals surface area contributed by atoms with E-state index in [0.29, 0.717) is 36.8 Å². The minimum absolute atomic E-state index is 0.429. The average Bonchev–Trinajstić information content (AvgIpc) is 2.43. The first-order chi connectivity index (χ1) is 10.5. The van der Waals surface area contributed by atoms with Gasteiger partial charge in [-0.05, 0) is 45.3 Å². The lowest BCUT2D eigenvalue weighted by Gasteiger charge is -2.29. The third-order valence-electron chi connectivity index (χ3n) is 3.77. The number of ketones is 1. The summed E-state index contributed by atoms with van der Waals surface area (Å²) in [4.78, 5) is 11.7. The van der Waals surface area contributed by atoms with Crippen molar-refractivity contribution in [3.8, 4) is 0 Å². The molecule has 0 N–H and O–H groups in total. The lowest BCUT2D eigenvalue weighted by Crippen LogP contribution is -2.46. The Morgan fingerprint density at radius 3 is 2.18 bits per heavy atom. The number of carbonyl (C=O) groups is 1. The van der Waals surface area contributed by atoms with Gasteiger partial charge in [0.15, 0.2) is 0 Å². The molecule has 4 nitrogen and oxygen atoms in total. The largest absolute Gasteiger partial charge is 0.500 e. The van der Waals surface area contributed by atoms with E-state index in [2.05, 4.69) is 6.92 Å². The molecular weight excluding hydrogens is 316 g/mol. The smallest absolute Gasteiger partial charge is 0.374 e. The van der Waals surface area contributed by atoms with Crippen molar-refractivity contribution < 1.29 is 18.1 Å². The van der Waals surface area contributed by atoms with Crippen molar-refractivity contribution in [3.63, 3.8) is 0 Å². The van der Waals surface area contributed by atoms with Crippen LogP contribution >= 0.6 is 11.8 Å². The Kier molecular flexibility index (Phi) is 9.91. The van der Waals surface area contributed by atoms with Crippen LogP contribution in [0.5, 0.6) is 0 Å². The summed E-state index contributed by atoms with van der Waals surface area (Å²) in [5.41, 5.74) is 0. The van der Waals surface area contributed by atoms with E-state index in [1.807, 2.05) is 32.5 Å². The Morgan fingerprint density at radius 2 is 1.68 bits per heavy atom. The first-order valence-corrected chi connectivity index (χ1v) is 11.6. The summed E-state index contributed by atoms with van der Waals surface area (Å²) < 4.78 is 17.6. The fraction of sp³-hybridized carbons (Fsp3) is 0.938. The van der Waals surface area contributed by atoms with Crippen LogP contribution in [0.15, 0.2) is 0 Å². The number of hydrogen-bond acceptors (Lipinski definition) is 5. The highest BCUT2D eigenvalue weighted by Crippen LogP contribution is 2.31. The fourth-order valence-corrected chi connectivity index (χ4v) is 7.29. The van der Waals surface area contributed by atoms with Crippen LogP contribution in [0, 0.1) is 5.92 Å². The molecule has 1 rings (SSSR count). The zero-order valence-electron chi connectivity index (χ0n) is 14.6. The zero-order valence-corrected chi connectivity index (χ0v) is 16.4. The SMILES string of the molecule is CCO[Si](CCCSC1CC(=O)CC(C)C1)(OCC)OCC. The molecule has 0 bridgehead atoms. The maximum atomic E-state index is 11.7. The molecule has 0 aliphatic heterocycles.